The van der Waals surface area contributed by atoms with Crippen LogP contribution in [0.5, 0.6) is 0 Å². The van der Waals surface area contributed by atoms with Gasteiger partial charge in [0.2, 0.25) is 0 Å². The SMILES string of the molecule is C/C(=N\OC(=O)c1cc(F)c(F)cc1Cl)c1cccs1. The topological polar surface area (TPSA) is 38.7 Å². The Bertz CT molecular complexity index is 671. The maximum absolute atomic E-state index is 13.1. The number of rotatable bonds is 3. The molecule has 0 atom stereocenters. The molecule has 0 radical (unpaired) electrons. The van der Waals surface area contributed by atoms with E-state index in [0.717, 1.165) is 4.88 Å². The Morgan fingerprint density at radius 1 is 1.35 bits per heavy atom. The monoisotopic (exact) mass is 315 g/mol. The van der Waals surface area contributed by atoms with E-state index in [1.807, 2.05) is 17.5 Å². The highest BCUT2D eigenvalue weighted by Gasteiger charge is 2.16. The largest absolute Gasteiger partial charge is 0.367 e. The molecule has 104 valence electrons. The van der Waals surface area contributed by atoms with Crippen molar-refractivity contribution in [3.05, 3.63) is 56.7 Å². The van der Waals surface area contributed by atoms with Gasteiger partial charge in [0, 0.05) is 0 Å². The molecule has 0 saturated carbocycles. The highest BCUT2D eigenvalue weighted by atomic mass is 35.5. The van der Waals surface area contributed by atoms with Crippen molar-refractivity contribution in [1.29, 1.82) is 0 Å². The maximum atomic E-state index is 13.1. The summed E-state index contributed by atoms with van der Waals surface area (Å²) in [5, 5.41) is 5.25. The van der Waals surface area contributed by atoms with Gasteiger partial charge in [-0.25, -0.2) is 13.6 Å². The van der Waals surface area contributed by atoms with Crippen molar-refractivity contribution in [1.82, 2.24) is 0 Å². The molecule has 0 unspecified atom stereocenters. The average molecular weight is 316 g/mol. The van der Waals surface area contributed by atoms with Crippen LogP contribution in [0.1, 0.15) is 22.2 Å². The van der Waals surface area contributed by atoms with Gasteiger partial charge in [-0.1, -0.05) is 22.8 Å². The van der Waals surface area contributed by atoms with E-state index >= 15 is 0 Å². The summed E-state index contributed by atoms with van der Waals surface area (Å²) in [6.07, 6.45) is 0. The highest BCUT2D eigenvalue weighted by molar-refractivity contribution is 7.12. The molecule has 0 spiro atoms. The van der Waals surface area contributed by atoms with Gasteiger partial charge >= 0.3 is 5.97 Å². The van der Waals surface area contributed by atoms with Crippen LogP contribution < -0.4 is 0 Å². The van der Waals surface area contributed by atoms with E-state index in [2.05, 4.69) is 9.99 Å². The minimum absolute atomic E-state index is 0.238. The molecule has 0 aliphatic rings. The Balaban J connectivity index is 2.17. The van der Waals surface area contributed by atoms with E-state index in [1.54, 1.807) is 6.92 Å². The standard InChI is InChI=1S/C13H8ClF2NO2S/c1-7(12-3-2-4-20-12)17-19-13(18)8-5-10(15)11(16)6-9(8)14/h2-6H,1H3/b17-7+. The molecule has 0 aliphatic carbocycles. The Hall–Kier alpha value is -1.79. The van der Waals surface area contributed by atoms with Crippen molar-refractivity contribution in [3.8, 4) is 0 Å². The lowest BCUT2D eigenvalue weighted by atomic mass is 10.2. The summed E-state index contributed by atoms with van der Waals surface area (Å²) in [7, 11) is 0. The van der Waals surface area contributed by atoms with Gasteiger partial charge in [0.1, 0.15) is 0 Å². The zero-order valence-corrected chi connectivity index (χ0v) is 11.8. The smallest absolute Gasteiger partial charge is 0.312 e. The van der Waals surface area contributed by atoms with Crippen molar-refractivity contribution in [3.63, 3.8) is 0 Å². The second-order valence-corrected chi connectivity index (χ2v) is 5.13. The molecule has 2 aromatic rings. The molecular formula is C13H8ClF2NO2S. The Kier molecular flexibility index (Phi) is 4.46. The van der Waals surface area contributed by atoms with Crippen LogP contribution in [0.15, 0.2) is 34.8 Å². The van der Waals surface area contributed by atoms with Crippen LogP contribution in [0, 0.1) is 11.6 Å². The number of hydrogen-bond acceptors (Lipinski definition) is 4. The molecule has 20 heavy (non-hydrogen) atoms. The number of carbonyl (C=O) groups excluding carboxylic acids is 1. The maximum Gasteiger partial charge on any atom is 0.367 e. The first-order valence-corrected chi connectivity index (χ1v) is 6.69. The van der Waals surface area contributed by atoms with Crippen LogP contribution >= 0.6 is 22.9 Å². The van der Waals surface area contributed by atoms with Gasteiger partial charge in [-0.3, -0.25) is 0 Å². The molecule has 1 heterocycles. The lowest BCUT2D eigenvalue weighted by Gasteiger charge is -2.03. The molecule has 0 saturated heterocycles. The number of nitrogens with zero attached hydrogens (tertiary/aromatic N) is 1. The number of hydrogen-bond donors (Lipinski definition) is 0. The molecule has 1 aromatic heterocycles. The second-order valence-electron chi connectivity index (χ2n) is 3.78. The average Bonchev–Trinajstić information content (AvgIpc) is 2.94. The highest BCUT2D eigenvalue weighted by Crippen LogP contribution is 2.21. The van der Waals surface area contributed by atoms with E-state index in [9.17, 15) is 13.6 Å². The van der Waals surface area contributed by atoms with Crippen LogP contribution in [0.3, 0.4) is 0 Å². The Labute approximate surface area is 122 Å². The zero-order chi connectivity index (χ0) is 14.7. The molecule has 0 bridgehead atoms. The summed E-state index contributed by atoms with van der Waals surface area (Å²) in [5.74, 6) is -3.27. The number of thiophene rings is 1. The third-order valence-corrected chi connectivity index (χ3v) is 3.66. The predicted octanol–water partition coefficient (Wildman–Crippen LogP) is 4.26. The fourth-order valence-electron chi connectivity index (χ4n) is 1.37. The quantitative estimate of drug-likeness (QED) is 0.367. The normalized spacial score (nSPS) is 11.5. The fourth-order valence-corrected chi connectivity index (χ4v) is 2.26. The van der Waals surface area contributed by atoms with E-state index in [-0.39, 0.29) is 10.6 Å². The molecule has 3 nitrogen and oxygen atoms in total. The molecule has 0 amide bonds. The molecular weight excluding hydrogens is 308 g/mol. The fraction of sp³-hybridized carbons (Fsp3) is 0.0769. The van der Waals surface area contributed by atoms with E-state index in [4.69, 9.17) is 11.6 Å². The first-order chi connectivity index (χ1) is 9.49. The van der Waals surface area contributed by atoms with Crippen LogP contribution in [0.25, 0.3) is 0 Å². The summed E-state index contributed by atoms with van der Waals surface area (Å²) in [5.41, 5.74) is 0.209. The summed E-state index contributed by atoms with van der Waals surface area (Å²) < 4.78 is 26.0. The van der Waals surface area contributed by atoms with E-state index in [0.29, 0.717) is 17.8 Å². The van der Waals surface area contributed by atoms with Crippen molar-refractivity contribution >= 4 is 34.6 Å². The van der Waals surface area contributed by atoms with Crippen LogP contribution in [0.2, 0.25) is 5.02 Å². The van der Waals surface area contributed by atoms with Gasteiger partial charge in [0.15, 0.2) is 11.6 Å². The number of oxime groups is 1. The van der Waals surface area contributed by atoms with Gasteiger partial charge in [0.05, 0.1) is 21.2 Å². The van der Waals surface area contributed by atoms with Crippen LogP contribution in [-0.4, -0.2) is 11.7 Å². The number of carbonyl (C=O) groups is 1. The van der Waals surface area contributed by atoms with Gasteiger partial charge in [-0.05, 0) is 30.5 Å². The molecule has 0 fully saturated rings. The first-order valence-electron chi connectivity index (χ1n) is 5.43. The summed E-state index contributed by atoms with van der Waals surface area (Å²) in [6.45, 7) is 1.66. The Morgan fingerprint density at radius 3 is 2.70 bits per heavy atom. The van der Waals surface area contributed by atoms with Crippen molar-refractivity contribution in [2.45, 2.75) is 6.92 Å². The molecule has 1 aromatic carbocycles. The number of halogens is 3. The molecule has 2 rings (SSSR count). The van der Waals surface area contributed by atoms with Gasteiger partial charge in [-0.15, -0.1) is 11.3 Å². The minimum Gasteiger partial charge on any atom is -0.312 e. The Morgan fingerprint density at radius 2 is 2.05 bits per heavy atom. The zero-order valence-electron chi connectivity index (χ0n) is 10.2. The lowest BCUT2D eigenvalue weighted by molar-refractivity contribution is 0.0516. The van der Waals surface area contributed by atoms with Gasteiger partial charge in [-0.2, -0.15) is 0 Å². The van der Waals surface area contributed by atoms with Gasteiger partial charge < -0.3 is 4.84 Å². The van der Waals surface area contributed by atoms with E-state index < -0.39 is 17.6 Å². The first kappa shape index (κ1) is 14.6. The summed E-state index contributed by atoms with van der Waals surface area (Å²) in [4.78, 5) is 17.2. The molecule has 0 aliphatic heterocycles. The minimum atomic E-state index is -1.18. The lowest BCUT2D eigenvalue weighted by Crippen LogP contribution is -2.05. The van der Waals surface area contributed by atoms with Crippen LogP contribution in [0.4, 0.5) is 8.78 Å². The number of benzene rings is 1. The van der Waals surface area contributed by atoms with Crippen molar-refractivity contribution in [2.75, 3.05) is 0 Å². The predicted molar refractivity (Wildman–Crippen MR) is 73.3 cm³/mol. The third-order valence-electron chi connectivity index (χ3n) is 2.37. The summed E-state index contributed by atoms with van der Waals surface area (Å²) >= 11 is 7.09. The van der Waals surface area contributed by atoms with Crippen LogP contribution in [-0.2, 0) is 4.84 Å². The van der Waals surface area contributed by atoms with Crippen molar-refractivity contribution < 1.29 is 18.4 Å². The second kappa shape index (κ2) is 6.11. The van der Waals surface area contributed by atoms with E-state index in [1.165, 1.54) is 11.3 Å². The summed E-state index contributed by atoms with van der Waals surface area (Å²) in [6, 6.07) is 5.02. The molecule has 7 heteroatoms. The third kappa shape index (κ3) is 3.20. The molecule has 0 N–H and O–H groups in total. The van der Waals surface area contributed by atoms with Gasteiger partial charge in [0.25, 0.3) is 0 Å². The van der Waals surface area contributed by atoms with Crippen molar-refractivity contribution in [2.24, 2.45) is 5.16 Å².